The molecule has 0 saturated carbocycles. The van der Waals surface area contributed by atoms with Crippen molar-refractivity contribution in [3.05, 3.63) is 29.0 Å². The molecular formula is C15H27ClIN5O. The quantitative estimate of drug-likeness (QED) is 0.196. The third kappa shape index (κ3) is 10.7. The molecule has 23 heavy (non-hydrogen) atoms. The average Bonchev–Trinajstić information content (AvgIpc) is 2.52. The number of likely N-dealkylation sites (N-methyl/N-ethyl adjacent to an activating group) is 1. The van der Waals surface area contributed by atoms with Crippen molar-refractivity contribution in [2.24, 2.45) is 4.99 Å². The van der Waals surface area contributed by atoms with E-state index in [-0.39, 0.29) is 24.0 Å². The number of nitrogens with one attached hydrogen (secondary N) is 2. The van der Waals surface area contributed by atoms with Gasteiger partial charge in [0.1, 0.15) is 5.15 Å². The van der Waals surface area contributed by atoms with E-state index in [2.05, 4.69) is 32.6 Å². The first kappa shape index (κ1) is 22.4. The van der Waals surface area contributed by atoms with Crippen molar-refractivity contribution in [3.8, 4) is 0 Å². The highest BCUT2D eigenvalue weighted by atomic mass is 127. The Morgan fingerprint density at radius 3 is 2.74 bits per heavy atom. The Morgan fingerprint density at radius 1 is 1.35 bits per heavy atom. The SMILES string of the molecule is CN=C(NCCN(C)CCCOC)NCc1ccc(Cl)nc1.I. The van der Waals surface area contributed by atoms with Crippen molar-refractivity contribution in [2.45, 2.75) is 13.0 Å². The van der Waals surface area contributed by atoms with E-state index in [0.29, 0.717) is 11.7 Å². The monoisotopic (exact) mass is 455 g/mol. The highest BCUT2D eigenvalue weighted by Crippen LogP contribution is 2.04. The maximum atomic E-state index is 5.77. The van der Waals surface area contributed by atoms with Crippen LogP contribution < -0.4 is 10.6 Å². The van der Waals surface area contributed by atoms with Gasteiger partial charge in [0.15, 0.2) is 5.96 Å². The van der Waals surface area contributed by atoms with Crippen LogP contribution in [0.15, 0.2) is 23.3 Å². The van der Waals surface area contributed by atoms with E-state index in [1.807, 2.05) is 6.07 Å². The highest BCUT2D eigenvalue weighted by Gasteiger charge is 2.01. The number of pyridine rings is 1. The molecule has 1 rings (SSSR count). The molecule has 0 fully saturated rings. The van der Waals surface area contributed by atoms with E-state index in [9.17, 15) is 0 Å². The molecule has 0 bridgehead atoms. The van der Waals surface area contributed by atoms with Crippen LogP contribution in [0.2, 0.25) is 5.15 Å². The van der Waals surface area contributed by atoms with Crippen molar-refractivity contribution in [1.82, 2.24) is 20.5 Å². The number of methoxy groups -OCH3 is 1. The van der Waals surface area contributed by atoms with Crippen molar-refractivity contribution in [2.75, 3.05) is 47.4 Å². The van der Waals surface area contributed by atoms with Gasteiger partial charge in [0.25, 0.3) is 0 Å². The minimum absolute atomic E-state index is 0. The molecule has 0 atom stereocenters. The lowest BCUT2D eigenvalue weighted by Gasteiger charge is -2.18. The summed E-state index contributed by atoms with van der Waals surface area (Å²) in [5.41, 5.74) is 1.06. The number of aromatic nitrogens is 1. The first-order chi connectivity index (χ1) is 10.7. The first-order valence-electron chi connectivity index (χ1n) is 7.38. The Balaban J connectivity index is 0.00000484. The Kier molecular flexibility index (Phi) is 13.4. The zero-order chi connectivity index (χ0) is 16.2. The minimum Gasteiger partial charge on any atom is -0.385 e. The number of hydrogen-bond acceptors (Lipinski definition) is 4. The molecule has 2 N–H and O–H groups in total. The van der Waals surface area contributed by atoms with E-state index in [1.54, 1.807) is 26.4 Å². The second-order valence-electron chi connectivity index (χ2n) is 4.99. The van der Waals surface area contributed by atoms with Gasteiger partial charge in [-0.3, -0.25) is 4.99 Å². The number of hydrogen-bond donors (Lipinski definition) is 2. The summed E-state index contributed by atoms with van der Waals surface area (Å²) in [5.74, 6) is 0.778. The molecule has 6 nitrogen and oxygen atoms in total. The van der Waals surface area contributed by atoms with Crippen LogP contribution in [0.5, 0.6) is 0 Å². The Morgan fingerprint density at radius 2 is 2.13 bits per heavy atom. The van der Waals surface area contributed by atoms with Crippen molar-refractivity contribution >= 4 is 41.5 Å². The van der Waals surface area contributed by atoms with Gasteiger partial charge in [-0.25, -0.2) is 4.98 Å². The van der Waals surface area contributed by atoms with Crippen LogP contribution in [0, 0.1) is 0 Å². The van der Waals surface area contributed by atoms with E-state index in [4.69, 9.17) is 16.3 Å². The lowest BCUT2D eigenvalue weighted by atomic mass is 10.3. The van der Waals surface area contributed by atoms with Gasteiger partial charge < -0.3 is 20.3 Å². The standard InChI is InChI=1S/C15H26ClN5O.HI/c1-17-15(18-7-9-21(2)8-4-10-22-3)20-12-13-5-6-14(16)19-11-13;/h5-6,11H,4,7-10,12H2,1-3H3,(H2,17,18,20);1H. The fourth-order valence-corrected chi connectivity index (χ4v) is 1.98. The molecule has 0 aliphatic heterocycles. The predicted octanol–water partition coefficient (Wildman–Crippen LogP) is 1.99. The second-order valence-corrected chi connectivity index (χ2v) is 5.38. The number of guanidine groups is 1. The summed E-state index contributed by atoms with van der Waals surface area (Å²) < 4.78 is 5.05. The molecule has 0 radical (unpaired) electrons. The fourth-order valence-electron chi connectivity index (χ4n) is 1.87. The topological polar surface area (TPSA) is 61.8 Å². The molecule has 8 heteroatoms. The van der Waals surface area contributed by atoms with E-state index in [1.165, 1.54) is 0 Å². The van der Waals surface area contributed by atoms with Crippen LogP contribution in [0.1, 0.15) is 12.0 Å². The van der Waals surface area contributed by atoms with Gasteiger partial charge in [-0.15, -0.1) is 24.0 Å². The van der Waals surface area contributed by atoms with E-state index >= 15 is 0 Å². The Bertz CT molecular complexity index is 444. The van der Waals surface area contributed by atoms with Crippen LogP contribution in [-0.4, -0.2) is 63.3 Å². The van der Waals surface area contributed by atoms with Crippen molar-refractivity contribution in [1.29, 1.82) is 0 Å². The number of nitrogens with zero attached hydrogens (tertiary/aromatic N) is 3. The molecular weight excluding hydrogens is 429 g/mol. The van der Waals surface area contributed by atoms with E-state index in [0.717, 1.165) is 44.2 Å². The van der Waals surface area contributed by atoms with Gasteiger partial charge in [-0.1, -0.05) is 17.7 Å². The highest BCUT2D eigenvalue weighted by molar-refractivity contribution is 14.0. The summed E-state index contributed by atoms with van der Waals surface area (Å²) in [6.07, 6.45) is 2.80. The number of halogens is 2. The molecule has 0 aliphatic carbocycles. The Labute approximate surface area is 161 Å². The molecule has 0 aromatic carbocycles. The normalized spacial score (nSPS) is 11.3. The number of rotatable bonds is 9. The molecule has 0 unspecified atom stereocenters. The van der Waals surface area contributed by atoms with Gasteiger partial charge in [0, 0.05) is 53.1 Å². The maximum absolute atomic E-state index is 5.77. The summed E-state index contributed by atoms with van der Waals surface area (Å²) >= 11 is 5.77. The number of aliphatic imine (C=N–C) groups is 1. The third-order valence-corrected chi connectivity index (χ3v) is 3.37. The fraction of sp³-hybridized carbons (Fsp3) is 0.600. The molecule has 0 amide bonds. The second kappa shape index (κ2) is 13.8. The van der Waals surface area contributed by atoms with Gasteiger partial charge in [0.2, 0.25) is 0 Å². The van der Waals surface area contributed by atoms with Crippen LogP contribution in [0.3, 0.4) is 0 Å². The zero-order valence-electron chi connectivity index (χ0n) is 14.0. The van der Waals surface area contributed by atoms with Crippen LogP contribution in [-0.2, 0) is 11.3 Å². The zero-order valence-corrected chi connectivity index (χ0v) is 17.1. The molecule has 1 aromatic rings. The molecule has 1 heterocycles. The van der Waals surface area contributed by atoms with Crippen LogP contribution >= 0.6 is 35.6 Å². The summed E-state index contributed by atoms with van der Waals surface area (Å²) in [6, 6.07) is 3.73. The first-order valence-corrected chi connectivity index (χ1v) is 7.76. The van der Waals surface area contributed by atoms with Gasteiger partial charge in [0.05, 0.1) is 0 Å². The van der Waals surface area contributed by atoms with Crippen molar-refractivity contribution < 1.29 is 4.74 Å². The van der Waals surface area contributed by atoms with Gasteiger partial charge in [-0.2, -0.15) is 0 Å². The summed E-state index contributed by atoms with van der Waals surface area (Å²) in [5, 5.41) is 7.04. The molecule has 132 valence electrons. The minimum atomic E-state index is 0. The lowest BCUT2D eigenvalue weighted by molar-refractivity contribution is 0.180. The average molecular weight is 456 g/mol. The summed E-state index contributed by atoms with van der Waals surface area (Å²) in [6.45, 7) is 4.27. The lowest BCUT2D eigenvalue weighted by Crippen LogP contribution is -2.40. The third-order valence-electron chi connectivity index (χ3n) is 3.15. The van der Waals surface area contributed by atoms with Crippen LogP contribution in [0.4, 0.5) is 0 Å². The maximum Gasteiger partial charge on any atom is 0.191 e. The molecule has 0 saturated heterocycles. The Hall–Kier alpha value is -0.640. The molecule has 1 aromatic heterocycles. The van der Waals surface area contributed by atoms with Gasteiger partial charge >= 0.3 is 0 Å². The summed E-state index contributed by atoms with van der Waals surface area (Å²) in [4.78, 5) is 10.5. The van der Waals surface area contributed by atoms with Crippen molar-refractivity contribution in [3.63, 3.8) is 0 Å². The van der Waals surface area contributed by atoms with E-state index < -0.39 is 0 Å². The molecule has 0 spiro atoms. The predicted molar refractivity (Wildman–Crippen MR) is 107 cm³/mol. The smallest absolute Gasteiger partial charge is 0.191 e. The largest absolute Gasteiger partial charge is 0.385 e. The van der Waals surface area contributed by atoms with Crippen LogP contribution in [0.25, 0.3) is 0 Å². The summed E-state index contributed by atoms with van der Waals surface area (Å²) in [7, 11) is 5.60. The molecule has 0 aliphatic rings. The number of ether oxygens (including phenoxy) is 1. The van der Waals surface area contributed by atoms with Gasteiger partial charge in [-0.05, 0) is 25.1 Å².